The summed E-state index contributed by atoms with van der Waals surface area (Å²) in [6, 6.07) is 8.22. The second-order valence-corrected chi connectivity index (χ2v) is 6.83. The minimum Gasteiger partial charge on any atom is -0.391 e. The van der Waals surface area contributed by atoms with E-state index in [0.29, 0.717) is 13.1 Å². The number of aliphatic hydroxyl groups is 1. The van der Waals surface area contributed by atoms with Crippen molar-refractivity contribution in [3.05, 3.63) is 40.9 Å². The van der Waals surface area contributed by atoms with Crippen LogP contribution in [0.3, 0.4) is 0 Å². The summed E-state index contributed by atoms with van der Waals surface area (Å²) in [7, 11) is 0. The second kappa shape index (κ2) is 10.1. The molecular weight excluding hydrogens is 381 g/mol. The molecule has 2 aromatic rings. The van der Waals surface area contributed by atoms with Gasteiger partial charge in [-0.05, 0) is 6.92 Å². The first-order valence-corrected chi connectivity index (χ1v) is 8.66. The number of nitrogens with zero attached hydrogens (tertiary/aromatic N) is 1. The lowest BCUT2D eigenvalue weighted by molar-refractivity contribution is -0.120. The molecule has 5 nitrogen and oxygen atoms in total. The Bertz CT molecular complexity index is 679. The monoisotopic (exact) mass is 403 g/mol. The summed E-state index contributed by atoms with van der Waals surface area (Å²) in [5, 5.41) is 18.6. The van der Waals surface area contributed by atoms with Crippen molar-refractivity contribution in [2.45, 2.75) is 19.4 Å². The van der Waals surface area contributed by atoms with Gasteiger partial charge in [-0.2, -0.15) is 0 Å². The van der Waals surface area contributed by atoms with E-state index in [1.165, 1.54) is 5.56 Å². The Morgan fingerprint density at radius 3 is 2.68 bits per heavy atom. The number of aromatic nitrogens is 1. The minimum absolute atomic E-state index is 0. The summed E-state index contributed by atoms with van der Waals surface area (Å²) in [4.78, 5) is 16.6. The Morgan fingerprint density at radius 2 is 2.04 bits per heavy atom. The molecule has 1 aromatic carbocycles. The molecule has 3 rings (SSSR count). The van der Waals surface area contributed by atoms with Gasteiger partial charge in [-0.25, -0.2) is 4.98 Å². The lowest BCUT2D eigenvalue weighted by atomic mass is 10.1. The number of aryl methyl sites for hydroxylation is 1. The van der Waals surface area contributed by atoms with Gasteiger partial charge in [-0.15, -0.1) is 36.2 Å². The van der Waals surface area contributed by atoms with Crippen molar-refractivity contribution in [1.29, 1.82) is 0 Å². The number of hydrogen-bond acceptors (Lipinski definition) is 5. The first-order valence-electron chi connectivity index (χ1n) is 7.79. The predicted octanol–water partition coefficient (Wildman–Crippen LogP) is 2.20. The quantitative estimate of drug-likeness (QED) is 0.715. The van der Waals surface area contributed by atoms with E-state index in [0.717, 1.165) is 22.8 Å². The molecule has 2 atom stereocenters. The molecule has 1 saturated heterocycles. The number of aliphatic hydroxyl groups excluding tert-OH is 1. The summed E-state index contributed by atoms with van der Waals surface area (Å²) >= 11 is 1.55. The number of thiazole rings is 1. The normalized spacial score (nSPS) is 19.0. The highest BCUT2D eigenvalue weighted by Crippen LogP contribution is 2.24. The van der Waals surface area contributed by atoms with Crippen LogP contribution in [0.4, 0.5) is 0 Å². The number of rotatable bonds is 5. The van der Waals surface area contributed by atoms with E-state index in [2.05, 4.69) is 34.7 Å². The molecule has 0 spiro atoms. The molecule has 8 heteroatoms. The molecule has 138 valence electrons. The van der Waals surface area contributed by atoms with Crippen molar-refractivity contribution >= 4 is 42.1 Å². The van der Waals surface area contributed by atoms with Crippen LogP contribution in [0.1, 0.15) is 11.3 Å². The fourth-order valence-corrected chi connectivity index (χ4v) is 3.44. The fourth-order valence-electron chi connectivity index (χ4n) is 2.62. The number of nitrogens with one attached hydrogen (secondary N) is 2. The third-order valence-corrected chi connectivity index (χ3v) is 5.00. The topological polar surface area (TPSA) is 74.2 Å². The molecule has 2 unspecified atom stereocenters. The van der Waals surface area contributed by atoms with E-state index in [1.54, 1.807) is 11.3 Å². The highest BCUT2D eigenvalue weighted by atomic mass is 35.5. The molecule has 0 saturated carbocycles. The average Bonchev–Trinajstić information content (AvgIpc) is 3.15. The smallest absolute Gasteiger partial charge is 0.226 e. The number of amides is 1. The molecule has 1 aliphatic heterocycles. The highest BCUT2D eigenvalue weighted by Gasteiger charge is 2.25. The van der Waals surface area contributed by atoms with E-state index < -0.39 is 0 Å². The Morgan fingerprint density at radius 1 is 1.32 bits per heavy atom. The minimum atomic E-state index is -0.372. The Balaban J connectivity index is 0.00000156. The van der Waals surface area contributed by atoms with Gasteiger partial charge in [0.25, 0.3) is 0 Å². The van der Waals surface area contributed by atoms with Gasteiger partial charge in [0.05, 0.1) is 18.2 Å². The molecule has 1 aromatic heterocycles. The van der Waals surface area contributed by atoms with Gasteiger partial charge in [0.15, 0.2) is 0 Å². The van der Waals surface area contributed by atoms with Crippen LogP contribution in [-0.4, -0.2) is 41.7 Å². The second-order valence-electron chi connectivity index (χ2n) is 5.98. The van der Waals surface area contributed by atoms with Gasteiger partial charge in [0.1, 0.15) is 5.01 Å². The SMILES string of the molecule is Cc1ccc(-c2nc(CC(=O)NCC3CNCC3O)cs2)cc1.Cl.Cl. The first kappa shape index (κ1) is 21.9. The van der Waals surface area contributed by atoms with E-state index in [9.17, 15) is 9.90 Å². The summed E-state index contributed by atoms with van der Waals surface area (Å²) in [5.41, 5.74) is 3.08. The maximum absolute atomic E-state index is 12.0. The number of halogens is 2. The molecule has 1 aliphatic rings. The van der Waals surface area contributed by atoms with Crippen LogP contribution < -0.4 is 10.6 Å². The lowest BCUT2D eigenvalue weighted by Gasteiger charge is -2.13. The van der Waals surface area contributed by atoms with Crippen LogP contribution >= 0.6 is 36.2 Å². The van der Waals surface area contributed by atoms with Gasteiger partial charge < -0.3 is 15.7 Å². The maximum atomic E-state index is 12.0. The van der Waals surface area contributed by atoms with Crippen molar-refractivity contribution in [1.82, 2.24) is 15.6 Å². The van der Waals surface area contributed by atoms with Crippen molar-refractivity contribution in [3.63, 3.8) is 0 Å². The molecular formula is C17H23Cl2N3O2S. The first-order chi connectivity index (χ1) is 11.1. The zero-order valence-electron chi connectivity index (χ0n) is 13.9. The van der Waals surface area contributed by atoms with Crippen LogP contribution in [0, 0.1) is 12.8 Å². The summed E-state index contributed by atoms with van der Waals surface area (Å²) in [6.07, 6.45) is -0.0961. The van der Waals surface area contributed by atoms with Crippen molar-refractivity contribution in [3.8, 4) is 10.6 Å². The van der Waals surface area contributed by atoms with Crippen molar-refractivity contribution in [2.24, 2.45) is 5.92 Å². The molecule has 0 aliphatic carbocycles. The van der Waals surface area contributed by atoms with E-state index in [4.69, 9.17) is 0 Å². The van der Waals surface area contributed by atoms with Crippen LogP contribution in [-0.2, 0) is 11.2 Å². The van der Waals surface area contributed by atoms with Crippen LogP contribution in [0.15, 0.2) is 29.6 Å². The average molecular weight is 404 g/mol. The molecule has 3 N–H and O–H groups in total. The molecule has 2 heterocycles. The number of hydrogen-bond donors (Lipinski definition) is 3. The Kier molecular flexibility index (Phi) is 8.82. The zero-order chi connectivity index (χ0) is 16.2. The van der Waals surface area contributed by atoms with Crippen molar-refractivity contribution < 1.29 is 9.90 Å². The van der Waals surface area contributed by atoms with Gasteiger partial charge in [0.2, 0.25) is 5.91 Å². The molecule has 1 amide bonds. The lowest BCUT2D eigenvalue weighted by Crippen LogP contribution is -2.35. The van der Waals surface area contributed by atoms with Crippen LogP contribution in [0.25, 0.3) is 10.6 Å². The van der Waals surface area contributed by atoms with E-state index >= 15 is 0 Å². The van der Waals surface area contributed by atoms with Gasteiger partial charge in [-0.1, -0.05) is 29.8 Å². The van der Waals surface area contributed by atoms with Gasteiger partial charge in [0, 0.05) is 36.5 Å². The van der Waals surface area contributed by atoms with Gasteiger partial charge >= 0.3 is 0 Å². The maximum Gasteiger partial charge on any atom is 0.226 e. The molecule has 0 bridgehead atoms. The van der Waals surface area contributed by atoms with Crippen molar-refractivity contribution in [2.75, 3.05) is 19.6 Å². The van der Waals surface area contributed by atoms with E-state index in [-0.39, 0.29) is 49.2 Å². The van der Waals surface area contributed by atoms with Gasteiger partial charge in [-0.3, -0.25) is 4.79 Å². The van der Waals surface area contributed by atoms with E-state index in [1.807, 2.05) is 17.5 Å². The summed E-state index contributed by atoms with van der Waals surface area (Å²) in [5.74, 6) is 0.0439. The standard InChI is InChI=1S/C17H21N3O2S.2ClH/c1-11-2-4-12(5-3-11)17-20-14(10-23-17)6-16(22)19-8-13-7-18-9-15(13)21;;/h2-5,10,13,15,18,21H,6-9H2,1H3,(H,19,22);2*1H. The van der Waals surface area contributed by atoms with Crippen LogP contribution in [0.5, 0.6) is 0 Å². The predicted molar refractivity (Wildman–Crippen MR) is 106 cm³/mol. The zero-order valence-corrected chi connectivity index (χ0v) is 16.3. The number of β-amino-alcohol motifs (C(OH)–C–C–N with tert-alkyl or cyclic N) is 1. The third-order valence-electron chi connectivity index (χ3n) is 4.06. The number of carbonyl (C=O) groups is 1. The fraction of sp³-hybridized carbons (Fsp3) is 0.412. The largest absolute Gasteiger partial charge is 0.391 e. The Hall–Kier alpha value is -1.18. The summed E-state index contributed by atoms with van der Waals surface area (Å²) in [6.45, 7) is 3.91. The number of carbonyl (C=O) groups excluding carboxylic acids is 1. The Labute approximate surface area is 164 Å². The molecule has 0 radical (unpaired) electrons. The molecule has 25 heavy (non-hydrogen) atoms. The van der Waals surface area contributed by atoms with Crippen LogP contribution in [0.2, 0.25) is 0 Å². The highest BCUT2D eigenvalue weighted by molar-refractivity contribution is 7.13. The third kappa shape index (κ3) is 5.94. The summed E-state index contributed by atoms with van der Waals surface area (Å²) < 4.78 is 0. The molecule has 1 fully saturated rings. The number of benzene rings is 1.